The Hall–Kier alpha value is -1.55. The van der Waals surface area contributed by atoms with Gasteiger partial charge in [-0.25, -0.2) is 0 Å². The molecule has 0 bridgehead atoms. The summed E-state index contributed by atoms with van der Waals surface area (Å²) in [6.45, 7) is 1.93. The molecule has 0 heterocycles. The number of amides is 1. The zero-order chi connectivity index (χ0) is 14.0. The maximum atomic E-state index is 12.5. The van der Waals surface area contributed by atoms with E-state index in [1.165, 1.54) is 4.90 Å². The quantitative estimate of drug-likeness (QED) is 0.901. The number of carbonyl (C=O) groups is 2. The molecule has 0 spiro atoms. The summed E-state index contributed by atoms with van der Waals surface area (Å²) in [5.74, 6) is -1.10. The van der Waals surface area contributed by atoms with Gasteiger partial charge >= 0.3 is 5.97 Å². The SMILES string of the molecule is CCN(CC(=O)O)C(=O)C1(c2cccc(Cl)c2)CC1. The largest absolute Gasteiger partial charge is 0.480 e. The Bertz CT molecular complexity index is 511. The maximum absolute atomic E-state index is 12.5. The van der Waals surface area contributed by atoms with Crippen LogP contribution in [0.1, 0.15) is 25.3 Å². The second-order valence-corrected chi connectivity index (χ2v) is 5.24. The van der Waals surface area contributed by atoms with Crippen LogP contribution in [0.5, 0.6) is 0 Å². The standard InChI is InChI=1S/C14H16ClNO3/c1-2-16(9-12(17)18)13(19)14(6-7-14)10-4-3-5-11(15)8-10/h3-5,8H,2,6-7,9H2,1H3,(H,17,18). The Labute approximate surface area is 117 Å². The fourth-order valence-corrected chi connectivity index (χ4v) is 2.52. The lowest BCUT2D eigenvalue weighted by molar-refractivity contribution is -0.145. The summed E-state index contributed by atoms with van der Waals surface area (Å²) in [6.07, 6.45) is 1.50. The van der Waals surface area contributed by atoms with Crippen molar-refractivity contribution in [1.29, 1.82) is 0 Å². The molecule has 0 atom stereocenters. The minimum Gasteiger partial charge on any atom is -0.480 e. The fourth-order valence-electron chi connectivity index (χ4n) is 2.33. The van der Waals surface area contributed by atoms with Gasteiger partial charge in [-0.2, -0.15) is 0 Å². The molecule has 0 aliphatic heterocycles. The Balaban J connectivity index is 2.24. The maximum Gasteiger partial charge on any atom is 0.323 e. The van der Waals surface area contributed by atoms with Crippen molar-refractivity contribution in [3.63, 3.8) is 0 Å². The molecule has 1 saturated carbocycles. The molecule has 1 aliphatic carbocycles. The summed E-state index contributed by atoms with van der Waals surface area (Å²) < 4.78 is 0. The van der Waals surface area contributed by atoms with Crippen molar-refractivity contribution < 1.29 is 14.7 Å². The number of carbonyl (C=O) groups excluding carboxylic acids is 1. The number of rotatable bonds is 5. The Morgan fingerprint density at radius 1 is 1.42 bits per heavy atom. The lowest BCUT2D eigenvalue weighted by Gasteiger charge is -2.25. The first-order chi connectivity index (χ1) is 8.99. The molecule has 0 aromatic heterocycles. The third-order valence-corrected chi connectivity index (χ3v) is 3.77. The highest BCUT2D eigenvalue weighted by Gasteiger charge is 2.53. The summed E-state index contributed by atoms with van der Waals surface area (Å²) in [4.78, 5) is 24.7. The van der Waals surface area contributed by atoms with Crippen LogP contribution in [0.3, 0.4) is 0 Å². The Kier molecular flexibility index (Phi) is 3.80. The molecule has 1 aromatic carbocycles. The number of benzene rings is 1. The van der Waals surface area contributed by atoms with E-state index in [1.54, 1.807) is 19.1 Å². The van der Waals surface area contributed by atoms with E-state index in [9.17, 15) is 9.59 Å². The van der Waals surface area contributed by atoms with Crippen molar-refractivity contribution in [2.45, 2.75) is 25.2 Å². The summed E-state index contributed by atoms with van der Waals surface area (Å²) in [5, 5.41) is 9.44. The van der Waals surface area contributed by atoms with E-state index in [1.807, 2.05) is 12.1 Å². The van der Waals surface area contributed by atoms with Crippen LogP contribution in [-0.4, -0.2) is 35.0 Å². The average Bonchev–Trinajstić information content (AvgIpc) is 3.16. The van der Waals surface area contributed by atoms with E-state index in [0.29, 0.717) is 11.6 Å². The third kappa shape index (κ3) is 2.73. The number of likely N-dealkylation sites (N-methyl/N-ethyl adjacent to an activating group) is 1. The number of aliphatic carboxylic acids is 1. The number of nitrogens with zero attached hydrogens (tertiary/aromatic N) is 1. The topological polar surface area (TPSA) is 57.6 Å². The molecule has 5 heteroatoms. The van der Waals surface area contributed by atoms with E-state index in [0.717, 1.165) is 18.4 Å². The van der Waals surface area contributed by atoms with Crippen LogP contribution in [0.15, 0.2) is 24.3 Å². The molecule has 1 aromatic rings. The molecule has 4 nitrogen and oxygen atoms in total. The van der Waals surface area contributed by atoms with Crippen molar-refractivity contribution in [3.8, 4) is 0 Å². The van der Waals surface area contributed by atoms with Crippen LogP contribution >= 0.6 is 11.6 Å². The van der Waals surface area contributed by atoms with E-state index in [2.05, 4.69) is 0 Å². The molecule has 1 N–H and O–H groups in total. The van der Waals surface area contributed by atoms with E-state index in [-0.39, 0.29) is 12.5 Å². The first kappa shape index (κ1) is 13.9. The molecule has 19 heavy (non-hydrogen) atoms. The molecule has 1 aliphatic rings. The smallest absolute Gasteiger partial charge is 0.323 e. The van der Waals surface area contributed by atoms with Gasteiger partial charge in [0.05, 0.1) is 5.41 Å². The first-order valence-corrected chi connectivity index (χ1v) is 6.64. The predicted octanol–water partition coefficient (Wildman–Crippen LogP) is 2.30. The molecule has 2 rings (SSSR count). The monoisotopic (exact) mass is 281 g/mol. The van der Waals surface area contributed by atoms with Crippen molar-refractivity contribution in [2.24, 2.45) is 0 Å². The van der Waals surface area contributed by atoms with Gasteiger partial charge in [0.15, 0.2) is 0 Å². The highest BCUT2D eigenvalue weighted by Crippen LogP contribution is 2.50. The van der Waals surface area contributed by atoms with E-state index < -0.39 is 11.4 Å². The summed E-state index contributed by atoms with van der Waals surface area (Å²) in [6, 6.07) is 7.26. The van der Waals surface area contributed by atoms with Gasteiger partial charge in [0.1, 0.15) is 6.54 Å². The first-order valence-electron chi connectivity index (χ1n) is 6.27. The molecule has 0 saturated heterocycles. The van der Waals surface area contributed by atoms with Gasteiger partial charge in [-0.15, -0.1) is 0 Å². The summed E-state index contributed by atoms with van der Waals surface area (Å²) in [7, 11) is 0. The van der Waals surface area contributed by atoms with Crippen molar-refractivity contribution in [1.82, 2.24) is 4.90 Å². The number of hydrogen-bond donors (Lipinski definition) is 1. The second-order valence-electron chi connectivity index (χ2n) is 4.81. The van der Waals surface area contributed by atoms with Gasteiger partial charge in [-0.3, -0.25) is 9.59 Å². The third-order valence-electron chi connectivity index (χ3n) is 3.53. The van der Waals surface area contributed by atoms with Crippen LogP contribution < -0.4 is 0 Å². The second kappa shape index (κ2) is 5.21. The van der Waals surface area contributed by atoms with Gasteiger partial charge in [0.2, 0.25) is 5.91 Å². The molecule has 1 fully saturated rings. The number of hydrogen-bond acceptors (Lipinski definition) is 2. The average molecular weight is 282 g/mol. The van der Waals surface area contributed by atoms with Crippen molar-refractivity contribution in [3.05, 3.63) is 34.9 Å². The predicted molar refractivity (Wildman–Crippen MR) is 72.3 cm³/mol. The molecular weight excluding hydrogens is 266 g/mol. The van der Waals surface area contributed by atoms with Gasteiger partial charge < -0.3 is 10.0 Å². The molecular formula is C14H16ClNO3. The normalized spacial score (nSPS) is 15.9. The van der Waals surface area contributed by atoms with Crippen molar-refractivity contribution >= 4 is 23.5 Å². The van der Waals surface area contributed by atoms with Gasteiger partial charge in [-0.05, 0) is 37.5 Å². The Morgan fingerprint density at radius 2 is 2.11 bits per heavy atom. The van der Waals surface area contributed by atoms with E-state index in [4.69, 9.17) is 16.7 Å². The van der Waals surface area contributed by atoms with E-state index >= 15 is 0 Å². The summed E-state index contributed by atoms with van der Waals surface area (Å²) >= 11 is 5.96. The highest BCUT2D eigenvalue weighted by atomic mass is 35.5. The van der Waals surface area contributed by atoms with Crippen LogP contribution in [0.2, 0.25) is 5.02 Å². The number of carboxylic acids is 1. The highest BCUT2D eigenvalue weighted by molar-refractivity contribution is 6.30. The van der Waals surface area contributed by atoms with Gasteiger partial charge in [0.25, 0.3) is 0 Å². The van der Waals surface area contributed by atoms with Crippen LogP contribution in [0.25, 0.3) is 0 Å². The zero-order valence-corrected chi connectivity index (χ0v) is 11.5. The van der Waals surface area contributed by atoms with Gasteiger partial charge in [-0.1, -0.05) is 23.7 Å². The number of carboxylic acid groups (broad SMARTS) is 1. The lowest BCUT2D eigenvalue weighted by atomic mass is 9.94. The van der Waals surface area contributed by atoms with Crippen molar-refractivity contribution in [2.75, 3.05) is 13.1 Å². The van der Waals surface area contributed by atoms with Crippen LogP contribution in [0.4, 0.5) is 0 Å². The van der Waals surface area contributed by atoms with Crippen LogP contribution in [-0.2, 0) is 15.0 Å². The molecule has 1 amide bonds. The molecule has 0 unspecified atom stereocenters. The van der Waals surface area contributed by atoms with Crippen LogP contribution in [0, 0.1) is 0 Å². The zero-order valence-electron chi connectivity index (χ0n) is 10.7. The Morgan fingerprint density at radius 3 is 2.58 bits per heavy atom. The molecule has 102 valence electrons. The summed E-state index contributed by atoms with van der Waals surface area (Å²) in [5.41, 5.74) is 0.324. The fraction of sp³-hybridized carbons (Fsp3) is 0.429. The minimum atomic E-state index is -0.989. The van der Waals surface area contributed by atoms with Gasteiger partial charge in [0, 0.05) is 11.6 Å². The lowest BCUT2D eigenvalue weighted by Crippen LogP contribution is -2.42. The number of halogens is 1. The molecule has 0 radical (unpaired) electrons. The minimum absolute atomic E-state index is 0.111.